The second-order valence-corrected chi connectivity index (χ2v) is 8.56. The van der Waals surface area contributed by atoms with Crippen molar-refractivity contribution in [3.8, 4) is 0 Å². The minimum absolute atomic E-state index is 0. The normalized spacial score (nSPS) is 15.8. The topological polar surface area (TPSA) is 121 Å². The molecular weight excluding hydrogens is 407 g/mol. The Bertz CT molecular complexity index is 651. The van der Waals surface area contributed by atoms with E-state index in [1.165, 1.54) is 0 Å². The van der Waals surface area contributed by atoms with E-state index in [1.54, 1.807) is 9.48 Å². The van der Waals surface area contributed by atoms with Crippen molar-refractivity contribution in [1.82, 2.24) is 4.90 Å². The first kappa shape index (κ1) is 28.7. The first-order valence-corrected chi connectivity index (χ1v) is 11.6. The molecule has 0 aromatic carbocycles. The molecule has 162 valence electrons. The summed E-state index contributed by atoms with van der Waals surface area (Å²) in [4.78, 5) is 14.5. The van der Waals surface area contributed by atoms with Gasteiger partial charge in [0.25, 0.3) is 0 Å². The van der Waals surface area contributed by atoms with Gasteiger partial charge in [0.05, 0.1) is 22.5 Å². The summed E-state index contributed by atoms with van der Waals surface area (Å²) >= 11 is 0. The van der Waals surface area contributed by atoms with Crippen LogP contribution in [0.1, 0.15) is 51.9 Å². The summed E-state index contributed by atoms with van der Waals surface area (Å²) in [6.07, 6.45) is 9.31. The third-order valence-electron chi connectivity index (χ3n) is 4.61. The number of ketones is 1. The number of Topliss-reactive ketones (excluding diaryl/α,β-unsaturated/α-hetero) is 1. The quantitative estimate of drug-likeness (QED) is 0.0947. The van der Waals surface area contributed by atoms with Crippen molar-refractivity contribution in [2.24, 2.45) is 0 Å². The van der Waals surface area contributed by atoms with Crippen LogP contribution in [0.15, 0.2) is 12.2 Å². The molecule has 8 nitrogen and oxygen atoms in total. The molecule has 0 saturated heterocycles. The molecule has 29 heavy (non-hydrogen) atoms. The average Bonchev–Trinajstić information content (AvgIpc) is 2.98. The Labute approximate surface area is 196 Å². The molecule has 0 aliphatic carbocycles. The Morgan fingerprint density at radius 3 is 2.59 bits per heavy atom. The number of allylic oxidation sites excluding steroid dienone is 2. The van der Waals surface area contributed by atoms with Crippen LogP contribution in [0.4, 0.5) is 0 Å². The van der Waals surface area contributed by atoms with Crippen LogP contribution in [0, 0.1) is 0 Å². The van der Waals surface area contributed by atoms with E-state index in [0.29, 0.717) is 31.9 Å². The Hall–Kier alpha value is -0.290. The first-order valence-electron chi connectivity index (χ1n) is 10.1. The van der Waals surface area contributed by atoms with Crippen LogP contribution in [0.5, 0.6) is 0 Å². The molecule has 1 aliphatic rings. The van der Waals surface area contributed by atoms with Gasteiger partial charge in [0.15, 0.2) is 0 Å². The van der Waals surface area contributed by atoms with Gasteiger partial charge in [0, 0.05) is 6.42 Å². The molecule has 0 radical (unpaired) electrons. The van der Waals surface area contributed by atoms with Crippen molar-refractivity contribution in [2.45, 2.75) is 58.0 Å². The monoisotopic (exact) mass is 441 g/mol. The van der Waals surface area contributed by atoms with Crippen molar-refractivity contribution >= 4 is 21.7 Å². The van der Waals surface area contributed by atoms with Gasteiger partial charge in [0.1, 0.15) is 32.3 Å². The third-order valence-corrected chi connectivity index (χ3v) is 5.41. The zero-order valence-electron chi connectivity index (χ0n) is 17.8. The molecule has 1 atom stereocenters. The summed E-state index contributed by atoms with van der Waals surface area (Å²) in [5.74, 6) is -0.548. The van der Waals surface area contributed by atoms with Gasteiger partial charge >= 0.3 is 35.4 Å². The van der Waals surface area contributed by atoms with Crippen LogP contribution < -0.4 is 29.6 Å². The maximum atomic E-state index is 12.7. The van der Waals surface area contributed by atoms with Crippen LogP contribution in [0.25, 0.3) is 0 Å². The summed E-state index contributed by atoms with van der Waals surface area (Å²) in [5, 5.41) is 19.1. The third kappa shape index (κ3) is 12.2. The van der Waals surface area contributed by atoms with E-state index in [-0.39, 0.29) is 48.5 Å². The predicted octanol–water partition coefficient (Wildman–Crippen LogP) is -2.51. The summed E-state index contributed by atoms with van der Waals surface area (Å²) in [6, 6.07) is 0. The van der Waals surface area contributed by atoms with Crippen LogP contribution >= 0.6 is 0 Å². The number of rotatable bonds is 15. The molecule has 2 N–H and O–H groups in total. The van der Waals surface area contributed by atoms with E-state index < -0.39 is 22.0 Å². The molecule has 1 heterocycles. The van der Waals surface area contributed by atoms with Crippen LogP contribution in [0.3, 0.4) is 0 Å². The van der Waals surface area contributed by atoms with Gasteiger partial charge in [-0.3, -0.25) is 14.3 Å². The number of aliphatic hydroxyl groups is 2. The van der Waals surface area contributed by atoms with E-state index in [4.69, 9.17) is 0 Å². The second kappa shape index (κ2) is 15.5. The Kier molecular flexibility index (Phi) is 15.3. The largest absolute Gasteiger partial charge is 1.00 e. The average molecular weight is 442 g/mol. The fourth-order valence-corrected chi connectivity index (χ4v) is 3.94. The maximum Gasteiger partial charge on any atom is 1.00 e. The number of β-amino-alcohol motifs (C(OH)–C–C–N with tert-alkyl or cyclic N) is 2. The fourth-order valence-electron chi connectivity index (χ4n) is 3.36. The van der Waals surface area contributed by atoms with Gasteiger partial charge < -0.3 is 14.8 Å². The van der Waals surface area contributed by atoms with Gasteiger partial charge in [-0.05, 0) is 25.7 Å². The Balaban J connectivity index is 0.00000784. The fraction of sp³-hybridized carbons (Fsp3) is 0.789. The van der Waals surface area contributed by atoms with Gasteiger partial charge in [-0.2, -0.15) is 0 Å². The van der Waals surface area contributed by atoms with Gasteiger partial charge in [-0.1, -0.05) is 31.9 Å². The summed E-state index contributed by atoms with van der Waals surface area (Å²) in [6.45, 7) is 3.17. The first-order chi connectivity index (χ1) is 13.3. The molecule has 1 aliphatic heterocycles. The van der Waals surface area contributed by atoms with Crippen LogP contribution in [0.2, 0.25) is 0 Å². The summed E-state index contributed by atoms with van der Waals surface area (Å²) < 4.78 is 34.1. The smallest absolute Gasteiger partial charge is 0.748 e. The Morgan fingerprint density at radius 2 is 1.97 bits per heavy atom. The number of unbranched alkanes of at least 4 members (excludes halogenated alkanes) is 4. The molecule has 1 unspecified atom stereocenters. The molecule has 1 rings (SSSR count). The number of aliphatic hydroxyl groups excluding tert-OH is 2. The van der Waals surface area contributed by atoms with Crippen molar-refractivity contribution in [3.63, 3.8) is 0 Å². The number of hydrogen-bond acceptors (Lipinski definition) is 7. The number of nitrogens with zero attached hydrogens (tertiary/aromatic N) is 2. The van der Waals surface area contributed by atoms with Crippen molar-refractivity contribution in [2.75, 3.05) is 38.5 Å². The van der Waals surface area contributed by atoms with E-state index in [9.17, 15) is 28.0 Å². The summed E-state index contributed by atoms with van der Waals surface area (Å²) in [7, 11) is -4.53. The zero-order chi connectivity index (χ0) is 21.0. The number of hydrogen-bond donors (Lipinski definition) is 2. The van der Waals surface area contributed by atoms with Crippen LogP contribution in [-0.2, 0) is 14.9 Å². The molecule has 0 fully saturated rings. The van der Waals surface area contributed by atoms with Gasteiger partial charge in [-0.25, -0.2) is 8.42 Å². The minimum Gasteiger partial charge on any atom is -0.748 e. The summed E-state index contributed by atoms with van der Waals surface area (Å²) in [5.41, 5.74) is 0. The number of carbonyl (C=O) groups excluding carboxylic acids is 1. The van der Waals surface area contributed by atoms with Crippen molar-refractivity contribution in [3.05, 3.63) is 12.2 Å². The molecule has 0 bridgehead atoms. The maximum absolute atomic E-state index is 12.7. The van der Waals surface area contributed by atoms with E-state index in [2.05, 4.69) is 19.1 Å². The van der Waals surface area contributed by atoms with Gasteiger partial charge in [-0.15, -0.1) is 0 Å². The number of carbonyl (C=O) groups is 1. The molecule has 0 saturated carbocycles. The minimum atomic E-state index is -4.53. The molecule has 0 spiro atoms. The molecule has 0 aromatic rings. The van der Waals surface area contributed by atoms with E-state index in [0.717, 1.165) is 38.5 Å². The molecule has 10 heteroatoms. The zero-order valence-corrected chi connectivity index (χ0v) is 20.6. The molecule has 0 aromatic heterocycles. The molecule has 0 amide bonds. The standard InChI is InChI=1S/C19H34N2O6S.Na/c1-2-3-4-5-6-7-8-9-10-18(24)19-20(13-14-22)11-12-21(19)15-17(23)16-28(25,26)27;/h3-4,17,22-23H,2,5-16H2,1H3;/q;+1/b4-3+;. The van der Waals surface area contributed by atoms with E-state index >= 15 is 0 Å². The predicted molar refractivity (Wildman–Crippen MR) is 106 cm³/mol. The van der Waals surface area contributed by atoms with Crippen molar-refractivity contribution < 1.29 is 62.1 Å². The Morgan fingerprint density at radius 1 is 1.28 bits per heavy atom. The van der Waals surface area contributed by atoms with Crippen molar-refractivity contribution in [1.29, 1.82) is 0 Å². The van der Waals surface area contributed by atoms with Crippen LogP contribution in [-0.4, -0.2) is 88.9 Å². The second-order valence-electron chi connectivity index (χ2n) is 7.11. The molecular formula is C19H34N2NaO6S+. The van der Waals surface area contributed by atoms with E-state index in [1.807, 2.05) is 0 Å². The van der Waals surface area contributed by atoms with Gasteiger partial charge in [0.2, 0.25) is 5.78 Å². The SMILES string of the molecule is CC/C=C/CCCCCCC(=O)C1=[N+](CC(O)CS(=O)(=O)[O-])CCN1CCO.[Na+]. The number of amidine groups is 1.